The standard InChI is InChI=1S/C19H22N6O2S/c1-12(2)10-13-6-7-14-16(20)17(28-19(14)21-13)18(26)22-15-11-25(23-27-15)24-8-4-3-5-9-24/h6-7,10-11H,3-5,8-9H2,1-2H3,(H2-,20,22,23,26)/p+1. The minimum Gasteiger partial charge on any atom is -0.397 e. The number of nitrogens with two attached hydrogens (primary N) is 1. The fourth-order valence-corrected chi connectivity index (χ4v) is 4.23. The van der Waals surface area contributed by atoms with Crippen LogP contribution in [0.5, 0.6) is 0 Å². The molecule has 1 saturated heterocycles. The molecule has 0 atom stereocenters. The van der Waals surface area contributed by atoms with Crippen molar-refractivity contribution in [1.29, 1.82) is 0 Å². The van der Waals surface area contributed by atoms with E-state index in [2.05, 4.69) is 20.6 Å². The number of aromatic nitrogens is 3. The number of rotatable bonds is 4. The van der Waals surface area contributed by atoms with Crippen LogP contribution in [0.1, 0.15) is 48.5 Å². The van der Waals surface area contributed by atoms with Crippen molar-refractivity contribution in [3.05, 3.63) is 34.5 Å². The Morgan fingerprint density at radius 3 is 2.86 bits per heavy atom. The van der Waals surface area contributed by atoms with E-state index in [1.165, 1.54) is 17.8 Å². The molecule has 0 saturated carbocycles. The van der Waals surface area contributed by atoms with Crippen LogP contribution in [-0.4, -0.2) is 29.3 Å². The van der Waals surface area contributed by atoms with Crippen LogP contribution in [0.2, 0.25) is 0 Å². The molecule has 0 unspecified atom stereocenters. The van der Waals surface area contributed by atoms with Crippen molar-refractivity contribution in [3.63, 3.8) is 0 Å². The number of allylic oxidation sites excluding steroid dienone is 1. The second-order valence-corrected chi connectivity index (χ2v) is 8.11. The Kier molecular flexibility index (Phi) is 4.99. The lowest BCUT2D eigenvalue weighted by molar-refractivity contribution is -0.759. The highest BCUT2D eigenvalue weighted by Crippen LogP contribution is 2.33. The van der Waals surface area contributed by atoms with Gasteiger partial charge in [-0.2, -0.15) is 5.01 Å². The summed E-state index contributed by atoms with van der Waals surface area (Å²) in [7, 11) is 0. The van der Waals surface area contributed by atoms with Crippen LogP contribution in [0.15, 0.2) is 28.4 Å². The first-order chi connectivity index (χ1) is 13.5. The highest BCUT2D eigenvalue weighted by Gasteiger charge is 2.25. The molecule has 0 radical (unpaired) electrons. The van der Waals surface area contributed by atoms with Gasteiger partial charge in [0.05, 0.1) is 29.3 Å². The predicted octanol–water partition coefficient (Wildman–Crippen LogP) is 2.95. The number of pyridine rings is 1. The van der Waals surface area contributed by atoms with Crippen LogP contribution in [0.4, 0.5) is 11.6 Å². The molecule has 3 aromatic rings. The third-order valence-corrected chi connectivity index (χ3v) is 5.69. The van der Waals surface area contributed by atoms with Crippen LogP contribution >= 0.6 is 11.3 Å². The van der Waals surface area contributed by atoms with E-state index >= 15 is 0 Å². The lowest BCUT2D eigenvalue weighted by atomic mass is 10.2. The Morgan fingerprint density at radius 2 is 2.11 bits per heavy atom. The largest absolute Gasteiger partial charge is 0.397 e. The van der Waals surface area contributed by atoms with Gasteiger partial charge < -0.3 is 5.73 Å². The molecule has 3 aromatic heterocycles. The van der Waals surface area contributed by atoms with Gasteiger partial charge in [0, 0.05) is 5.39 Å². The van der Waals surface area contributed by atoms with Crippen LogP contribution in [-0.2, 0) is 0 Å². The van der Waals surface area contributed by atoms with Gasteiger partial charge in [-0.1, -0.05) is 5.57 Å². The summed E-state index contributed by atoms with van der Waals surface area (Å²) in [5.41, 5.74) is 8.63. The van der Waals surface area contributed by atoms with Crippen molar-refractivity contribution < 1.29 is 14.1 Å². The Balaban J connectivity index is 1.54. The SMILES string of the molecule is CC(C)=Cc1ccc2c(N)c(C(=O)Nc3c[n+](N4CCCCC4)no3)sc2n1. The molecule has 0 spiro atoms. The first kappa shape index (κ1) is 18.4. The fraction of sp³-hybridized carbons (Fsp3) is 0.368. The molecule has 0 aliphatic carbocycles. The van der Waals surface area contributed by atoms with Crippen molar-refractivity contribution in [1.82, 2.24) is 10.3 Å². The highest BCUT2D eigenvalue weighted by atomic mass is 32.1. The molecule has 146 valence electrons. The van der Waals surface area contributed by atoms with Gasteiger partial charge in [0.15, 0.2) is 0 Å². The van der Waals surface area contributed by atoms with Crippen molar-refractivity contribution in [2.75, 3.05) is 29.1 Å². The number of fused-ring (bicyclic) bond motifs is 1. The summed E-state index contributed by atoms with van der Waals surface area (Å²) in [6.45, 7) is 5.88. The number of amides is 1. The summed E-state index contributed by atoms with van der Waals surface area (Å²) in [6.07, 6.45) is 7.15. The van der Waals surface area contributed by atoms with Gasteiger partial charge in [0.1, 0.15) is 9.71 Å². The molecule has 1 aliphatic heterocycles. The maximum atomic E-state index is 12.7. The molecule has 0 bridgehead atoms. The zero-order valence-corrected chi connectivity index (χ0v) is 16.8. The molecule has 1 amide bonds. The Hall–Kier alpha value is -2.94. The number of thiophene rings is 1. The summed E-state index contributed by atoms with van der Waals surface area (Å²) in [6, 6.07) is 3.80. The van der Waals surface area contributed by atoms with E-state index in [1.807, 2.05) is 32.1 Å². The van der Waals surface area contributed by atoms with Crippen molar-refractivity contribution in [3.8, 4) is 0 Å². The number of piperidine rings is 1. The van der Waals surface area contributed by atoms with E-state index in [0.29, 0.717) is 10.6 Å². The zero-order valence-electron chi connectivity index (χ0n) is 15.9. The third-order valence-electron chi connectivity index (χ3n) is 4.57. The van der Waals surface area contributed by atoms with Crippen LogP contribution < -0.4 is 20.9 Å². The van der Waals surface area contributed by atoms with Gasteiger partial charge in [-0.15, -0.1) is 11.3 Å². The van der Waals surface area contributed by atoms with Crippen LogP contribution in [0, 0.1) is 0 Å². The number of carbonyl (C=O) groups excluding carboxylic acids is 1. The number of nitrogens with zero attached hydrogens (tertiary/aromatic N) is 4. The number of nitrogens with one attached hydrogen (secondary N) is 1. The minimum absolute atomic E-state index is 0.283. The summed E-state index contributed by atoms with van der Waals surface area (Å²) in [5.74, 6) is -0.0446. The van der Waals surface area contributed by atoms with Crippen LogP contribution in [0.25, 0.3) is 16.3 Å². The van der Waals surface area contributed by atoms with Crippen molar-refractivity contribution in [2.45, 2.75) is 33.1 Å². The fourth-order valence-electron chi connectivity index (χ4n) is 3.23. The average molecular weight is 400 g/mol. The second-order valence-electron chi connectivity index (χ2n) is 7.11. The molecule has 1 aliphatic rings. The topological polar surface area (TPSA) is 101 Å². The predicted molar refractivity (Wildman–Crippen MR) is 110 cm³/mol. The van der Waals surface area contributed by atoms with E-state index in [9.17, 15) is 4.79 Å². The Morgan fingerprint density at radius 1 is 1.32 bits per heavy atom. The number of hydrogen-bond donors (Lipinski definition) is 2. The quantitative estimate of drug-likeness (QED) is 0.654. The first-order valence-corrected chi connectivity index (χ1v) is 10.1. The molecule has 3 N–H and O–H groups in total. The van der Waals surface area contributed by atoms with Gasteiger partial charge in [-0.3, -0.25) is 14.6 Å². The number of carbonyl (C=O) groups is 1. The number of hydrogen-bond acceptors (Lipinski definition) is 7. The maximum absolute atomic E-state index is 12.7. The molecule has 1 fully saturated rings. The van der Waals surface area contributed by atoms with Gasteiger partial charge in [0.2, 0.25) is 5.27 Å². The highest BCUT2D eigenvalue weighted by molar-refractivity contribution is 7.21. The molecule has 4 rings (SSSR count). The zero-order chi connectivity index (χ0) is 19.7. The Bertz CT molecular complexity index is 1040. The molecule has 9 heteroatoms. The van der Waals surface area contributed by atoms with Gasteiger partial charge in [-0.05, 0) is 51.3 Å². The lowest BCUT2D eigenvalue weighted by Gasteiger charge is -2.17. The van der Waals surface area contributed by atoms with E-state index in [4.69, 9.17) is 10.3 Å². The number of nitrogen functional groups attached to an aromatic ring is 1. The third kappa shape index (κ3) is 3.70. The van der Waals surface area contributed by atoms with Crippen LogP contribution in [0.3, 0.4) is 0 Å². The summed E-state index contributed by atoms with van der Waals surface area (Å²) >= 11 is 1.27. The number of anilines is 2. The maximum Gasteiger partial charge on any atom is 0.306 e. The summed E-state index contributed by atoms with van der Waals surface area (Å²) in [5, 5.41) is 9.61. The molecular formula is C19H23N6O2S+. The second kappa shape index (κ2) is 7.59. The smallest absolute Gasteiger partial charge is 0.306 e. The monoisotopic (exact) mass is 399 g/mol. The van der Waals surface area contributed by atoms with Gasteiger partial charge in [0.25, 0.3) is 12.1 Å². The first-order valence-electron chi connectivity index (χ1n) is 9.30. The molecular weight excluding hydrogens is 376 g/mol. The molecule has 28 heavy (non-hydrogen) atoms. The minimum atomic E-state index is -0.328. The van der Waals surface area contributed by atoms with Gasteiger partial charge >= 0.3 is 5.88 Å². The molecule has 4 heterocycles. The van der Waals surface area contributed by atoms with E-state index in [1.54, 1.807) is 11.0 Å². The Labute approximate surface area is 166 Å². The van der Waals surface area contributed by atoms with E-state index in [0.717, 1.165) is 47.4 Å². The van der Waals surface area contributed by atoms with E-state index < -0.39 is 0 Å². The van der Waals surface area contributed by atoms with Crippen molar-refractivity contribution in [2.24, 2.45) is 0 Å². The average Bonchev–Trinajstić information content (AvgIpc) is 3.26. The van der Waals surface area contributed by atoms with E-state index in [-0.39, 0.29) is 11.8 Å². The van der Waals surface area contributed by atoms with Gasteiger partial charge in [-0.25, -0.2) is 4.98 Å². The molecule has 8 nitrogen and oxygen atoms in total. The summed E-state index contributed by atoms with van der Waals surface area (Å²) < 4.78 is 5.27. The molecule has 0 aromatic carbocycles. The van der Waals surface area contributed by atoms with Crippen molar-refractivity contribution >= 4 is 45.1 Å². The lowest BCUT2D eigenvalue weighted by Crippen LogP contribution is -2.60. The normalized spacial score (nSPS) is 14.3. The summed E-state index contributed by atoms with van der Waals surface area (Å²) in [4.78, 5) is 20.1.